The first-order valence-electron chi connectivity index (χ1n) is 6.20. The number of nitrogen functional groups attached to an aromatic ring is 1. The molecular formula is C12H20N4O2S. The van der Waals surface area contributed by atoms with Crippen LogP contribution in [-0.2, 0) is 0 Å². The molecule has 1 fully saturated rings. The Kier molecular flexibility index (Phi) is 6.44. The Bertz CT molecular complexity index is 422. The highest BCUT2D eigenvalue weighted by Gasteiger charge is 2.15. The van der Waals surface area contributed by atoms with Gasteiger partial charge in [-0.3, -0.25) is 15.3 Å². The molecular weight excluding hydrogens is 264 g/mol. The van der Waals surface area contributed by atoms with Gasteiger partial charge in [-0.2, -0.15) is 0 Å². The van der Waals surface area contributed by atoms with E-state index in [1.807, 2.05) is 0 Å². The number of nitrogens with one attached hydrogen (secondary N) is 1. The molecule has 1 aromatic carbocycles. The lowest BCUT2D eigenvalue weighted by atomic mass is 10.1. The maximum absolute atomic E-state index is 10.6. The van der Waals surface area contributed by atoms with Gasteiger partial charge < -0.3 is 11.1 Å². The molecule has 1 aliphatic carbocycles. The summed E-state index contributed by atoms with van der Waals surface area (Å²) in [6.07, 6.45) is 5.14. The quantitative estimate of drug-likeness (QED) is 0.294. The number of rotatable bonds is 4. The second kappa shape index (κ2) is 7.85. The van der Waals surface area contributed by atoms with Gasteiger partial charge in [0, 0.05) is 18.7 Å². The molecule has 1 saturated carbocycles. The van der Waals surface area contributed by atoms with Crippen LogP contribution >= 0.6 is 12.8 Å². The van der Waals surface area contributed by atoms with Crippen LogP contribution in [0.4, 0.5) is 17.1 Å². The number of nitro benzene ring substituents is 1. The lowest BCUT2D eigenvalue weighted by molar-refractivity contribution is -0.384. The molecule has 5 N–H and O–H groups in total. The van der Waals surface area contributed by atoms with Crippen molar-refractivity contribution >= 4 is 29.9 Å². The van der Waals surface area contributed by atoms with Crippen molar-refractivity contribution in [3.8, 4) is 0 Å². The van der Waals surface area contributed by atoms with Gasteiger partial charge in [-0.15, -0.1) is 12.8 Å². The molecule has 0 radical (unpaired) electrons. The highest BCUT2D eigenvalue weighted by Crippen LogP contribution is 2.27. The molecule has 0 bridgehead atoms. The van der Waals surface area contributed by atoms with Crippen LogP contribution in [0.1, 0.15) is 25.7 Å². The van der Waals surface area contributed by atoms with E-state index in [0.29, 0.717) is 11.6 Å². The molecule has 0 heterocycles. The van der Waals surface area contributed by atoms with Gasteiger partial charge in [0.15, 0.2) is 0 Å². The number of hydrogen-bond acceptors (Lipinski definition) is 6. The number of nitrogens with two attached hydrogens (primary N) is 2. The minimum atomic E-state index is -0.433. The van der Waals surface area contributed by atoms with Crippen molar-refractivity contribution in [2.24, 2.45) is 11.1 Å². The van der Waals surface area contributed by atoms with Crippen LogP contribution in [0.5, 0.6) is 0 Å². The fourth-order valence-electron chi connectivity index (χ4n) is 2.29. The summed E-state index contributed by atoms with van der Waals surface area (Å²) in [5.74, 6) is 0.713. The number of thiol groups is 1. The summed E-state index contributed by atoms with van der Waals surface area (Å²) < 4.78 is 0. The fourth-order valence-corrected chi connectivity index (χ4v) is 2.29. The standard InChI is InChI=1S/C12H17N3O2.H3NS/c13-11-7-10(15(16)17)5-6-12(11)14-8-9-3-1-2-4-9;1-2/h5-7,9,14H,1-4,8,13H2;2H,1H2. The largest absolute Gasteiger partial charge is 0.397 e. The minimum Gasteiger partial charge on any atom is -0.397 e. The molecule has 0 aliphatic heterocycles. The van der Waals surface area contributed by atoms with Gasteiger partial charge in [-0.25, -0.2) is 0 Å². The summed E-state index contributed by atoms with van der Waals surface area (Å²) in [5, 5.41) is 18.0. The molecule has 0 spiro atoms. The maximum atomic E-state index is 10.6. The molecule has 6 nitrogen and oxygen atoms in total. The van der Waals surface area contributed by atoms with Gasteiger partial charge in [0.05, 0.1) is 16.3 Å². The van der Waals surface area contributed by atoms with E-state index in [1.165, 1.54) is 37.8 Å². The van der Waals surface area contributed by atoms with E-state index < -0.39 is 4.92 Å². The molecule has 0 amide bonds. The number of non-ortho nitro benzene ring substituents is 1. The van der Waals surface area contributed by atoms with Crippen LogP contribution in [0, 0.1) is 16.0 Å². The molecule has 0 saturated heterocycles. The van der Waals surface area contributed by atoms with Gasteiger partial charge in [0.1, 0.15) is 0 Å². The van der Waals surface area contributed by atoms with Crippen LogP contribution < -0.4 is 16.2 Å². The number of anilines is 2. The Balaban J connectivity index is 0.000000861. The average molecular weight is 284 g/mol. The van der Waals surface area contributed by atoms with Gasteiger partial charge in [0.25, 0.3) is 5.69 Å². The van der Waals surface area contributed by atoms with Gasteiger partial charge in [-0.1, -0.05) is 12.8 Å². The normalized spacial score (nSPS) is 14.6. The van der Waals surface area contributed by atoms with E-state index in [9.17, 15) is 10.1 Å². The second-order valence-corrected chi connectivity index (χ2v) is 4.56. The minimum absolute atomic E-state index is 0.0360. The molecule has 1 aromatic rings. The Hall–Kier alpha value is -1.47. The zero-order chi connectivity index (χ0) is 14.3. The Morgan fingerprint density at radius 3 is 2.53 bits per heavy atom. The van der Waals surface area contributed by atoms with Crippen LogP contribution in [0.3, 0.4) is 0 Å². The van der Waals surface area contributed by atoms with Crippen molar-refractivity contribution in [1.82, 2.24) is 0 Å². The smallest absolute Gasteiger partial charge is 0.271 e. The summed E-state index contributed by atoms with van der Waals surface area (Å²) in [6, 6.07) is 4.56. The molecule has 0 atom stereocenters. The average Bonchev–Trinajstić information content (AvgIpc) is 2.92. The van der Waals surface area contributed by atoms with Crippen molar-refractivity contribution in [1.29, 1.82) is 0 Å². The lowest BCUT2D eigenvalue weighted by Crippen LogP contribution is -2.12. The third kappa shape index (κ3) is 4.60. The third-order valence-electron chi connectivity index (χ3n) is 3.30. The van der Waals surface area contributed by atoms with Crippen molar-refractivity contribution in [3.05, 3.63) is 28.3 Å². The number of benzene rings is 1. The molecule has 0 unspecified atom stereocenters. The number of hydrogen-bond donors (Lipinski definition) is 4. The topological polar surface area (TPSA) is 107 Å². The highest BCUT2D eigenvalue weighted by molar-refractivity contribution is 7.77. The van der Waals surface area contributed by atoms with Crippen molar-refractivity contribution in [3.63, 3.8) is 0 Å². The van der Waals surface area contributed by atoms with Gasteiger partial charge in [0.2, 0.25) is 0 Å². The summed E-state index contributed by atoms with van der Waals surface area (Å²) in [5.41, 5.74) is 7.05. The van der Waals surface area contributed by atoms with E-state index in [2.05, 4.69) is 23.3 Å². The van der Waals surface area contributed by atoms with E-state index in [-0.39, 0.29) is 5.69 Å². The molecule has 106 valence electrons. The van der Waals surface area contributed by atoms with Crippen LogP contribution in [0.25, 0.3) is 0 Å². The maximum Gasteiger partial charge on any atom is 0.271 e. The summed E-state index contributed by atoms with van der Waals surface area (Å²) in [4.78, 5) is 10.1. The lowest BCUT2D eigenvalue weighted by Gasteiger charge is -2.13. The van der Waals surface area contributed by atoms with E-state index in [0.717, 1.165) is 12.2 Å². The van der Waals surface area contributed by atoms with Gasteiger partial charge >= 0.3 is 0 Å². The van der Waals surface area contributed by atoms with E-state index in [4.69, 9.17) is 5.73 Å². The summed E-state index contributed by atoms with van der Waals surface area (Å²) in [7, 11) is 0. The Labute approximate surface area is 118 Å². The van der Waals surface area contributed by atoms with E-state index >= 15 is 0 Å². The predicted molar refractivity (Wildman–Crippen MR) is 81.1 cm³/mol. The van der Waals surface area contributed by atoms with Crippen LogP contribution in [0.2, 0.25) is 0 Å². The second-order valence-electron chi connectivity index (χ2n) is 4.56. The first-order valence-corrected chi connectivity index (χ1v) is 6.72. The van der Waals surface area contributed by atoms with Crippen molar-refractivity contribution in [2.75, 3.05) is 17.6 Å². The SMILES string of the molecule is NS.Nc1cc([N+](=O)[O-])ccc1NCC1CCCC1. The molecule has 2 rings (SSSR count). The first kappa shape index (κ1) is 15.6. The number of nitrogens with zero attached hydrogens (tertiary/aromatic N) is 1. The Morgan fingerprint density at radius 1 is 1.37 bits per heavy atom. The number of nitro groups is 1. The van der Waals surface area contributed by atoms with Gasteiger partial charge in [-0.05, 0) is 24.8 Å². The highest BCUT2D eigenvalue weighted by atomic mass is 32.1. The molecule has 19 heavy (non-hydrogen) atoms. The molecule has 0 aromatic heterocycles. The van der Waals surface area contributed by atoms with E-state index in [1.54, 1.807) is 6.07 Å². The molecule has 7 heteroatoms. The monoisotopic (exact) mass is 284 g/mol. The molecule has 1 aliphatic rings. The zero-order valence-electron chi connectivity index (χ0n) is 10.7. The predicted octanol–water partition coefficient (Wildman–Crippen LogP) is 2.57. The third-order valence-corrected chi connectivity index (χ3v) is 3.30. The van der Waals surface area contributed by atoms with Crippen molar-refractivity contribution in [2.45, 2.75) is 25.7 Å². The summed E-state index contributed by atoms with van der Waals surface area (Å²) >= 11 is 3.03. The summed E-state index contributed by atoms with van der Waals surface area (Å²) in [6.45, 7) is 0.905. The van der Waals surface area contributed by atoms with Crippen molar-refractivity contribution < 1.29 is 4.92 Å². The fraction of sp³-hybridized carbons (Fsp3) is 0.500. The zero-order valence-corrected chi connectivity index (χ0v) is 11.6. The van der Waals surface area contributed by atoms with Crippen LogP contribution in [0.15, 0.2) is 18.2 Å². The first-order chi connectivity index (χ1) is 9.16. The Morgan fingerprint density at radius 2 is 2.00 bits per heavy atom. The van der Waals surface area contributed by atoms with Crippen LogP contribution in [-0.4, -0.2) is 11.5 Å².